The molecule has 2 aliphatic carbocycles. The molecule has 0 amide bonds. The van der Waals surface area contributed by atoms with Crippen LogP contribution in [-0.4, -0.2) is 55.0 Å². The second kappa shape index (κ2) is 8.55. The minimum atomic E-state index is -0.643. The number of ketones is 1. The Hall–Kier alpha value is -2.75. The van der Waals surface area contributed by atoms with E-state index in [1.54, 1.807) is 6.07 Å². The maximum atomic E-state index is 14.0. The van der Waals surface area contributed by atoms with Crippen molar-refractivity contribution in [3.8, 4) is 6.07 Å². The van der Waals surface area contributed by atoms with E-state index < -0.39 is 6.10 Å². The highest BCUT2D eigenvalue weighted by Crippen LogP contribution is 2.44. The molecular formula is C24H26FN3O2. The number of benzene rings is 1. The second-order valence-corrected chi connectivity index (χ2v) is 8.31. The van der Waals surface area contributed by atoms with Crippen LogP contribution in [0.4, 0.5) is 4.39 Å². The van der Waals surface area contributed by atoms with Crippen molar-refractivity contribution in [2.24, 2.45) is 0 Å². The van der Waals surface area contributed by atoms with Crippen LogP contribution < -0.4 is 0 Å². The number of allylic oxidation sites excluding steroid dienone is 4. The van der Waals surface area contributed by atoms with Crippen molar-refractivity contribution >= 4 is 11.4 Å². The number of hydrogen-bond donors (Lipinski definition) is 0. The molecule has 1 saturated carbocycles. The Morgan fingerprint density at radius 3 is 2.80 bits per heavy atom. The van der Waals surface area contributed by atoms with Crippen molar-refractivity contribution in [1.29, 1.82) is 5.26 Å². The Balaban J connectivity index is 1.71. The summed E-state index contributed by atoms with van der Waals surface area (Å²) in [5.41, 5.74) is 3.54. The summed E-state index contributed by atoms with van der Waals surface area (Å²) in [5, 5.41) is 9.97. The summed E-state index contributed by atoms with van der Waals surface area (Å²) >= 11 is 0. The van der Waals surface area contributed by atoms with Crippen molar-refractivity contribution in [3.63, 3.8) is 0 Å². The zero-order valence-electron chi connectivity index (χ0n) is 17.4. The highest BCUT2D eigenvalue weighted by molar-refractivity contribution is 5.98. The fourth-order valence-corrected chi connectivity index (χ4v) is 4.01. The van der Waals surface area contributed by atoms with E-state index in [0.29, 0.717) is 23.4 Å². The first kappa shape index (κ1) is 20.5. The highest BCUT2D eigenvalue weighted by atomic mass is 19.1. The summed E-state index contributed by atoms with van der Waals surface area (Å²) in [6, 6.07) is 8.91. The third-order valence-corrected chi connectivity index (χ3v) is 5.61. The molecule has 1 atom stereocenters. The lowest BCUT2D eigenvalue weighted by atomic mass is 9.81. The molecule has 5 nitrogen and oxygen atoms in total. The van der Waals surface area contributed by atoms with Gasteiger partial charge in [-0.2, -0.15) is 5.26 Å². The van der Waals surface area contributed by atoms with Gasteiger partial charge in [0.05, 0.1) is 0 Å². The van der Waals surface area contributed by atoms with Crippen molar-refractivity contribution in [3.05, 3.63) is 64.8 Å². The quantitative estimate of drug-likeness (QED) is 0.646. The molecule has 0 N–H and O–H groups in total. The lowest BCUT2D eigenvalue weighted by Crippen LogP contribution is -2.32. The number of rotatable bonds is 7. The molecular weight excluding hydrogens is 381 g/mol. The van der Waals surface area contributed by atoms with Gasteiger partial charge in [-0.15, -0.1) is 0 Å². The number of nitriles is 1. The van der Waals surface area contributed by atoms with Crippen LogP contribution in [0.5, 0.6) is 0 Å². The van der Waals surface area contributed by atoms with Crippen LogP contribution in [0.15, 0.2) is 53.4 Å². The zero-order valence-corrected chi connectivity index (χ0v) is 17.4. The Labute approximate surface area is 176 Å². The monoisotopic (exact) mass is 407 g/mol. The van der Waals surface area contributed by atoms with E-state index in [1.807, 2.05) is 37.3 Å². The SMILES string of the molecule is CN(C)CCCOC1C=C2C(=CN(C3CC3)C(C#N)=C2c2cccc(F)c2)CC1=O. The van der Waals surface area contributed by atoms with Crippen LogP contribution in [-0.2, 0) is 9.53 Å². The first-order valence-corrected chi connectivity index (χ1v) is 10.4. The first-order valence-electron chi connectivity index (χ1n) is 10.4. The number of carbonyl (C=O) groups excluding carboxylic acids is 1. The molecule has 1 aliphatic heterocycles. The normalized spacial score (nSPS) is 21.4. The molecule has 1 unspecified atom stereocenters. The Bertz CT molecular complexity index is 982. The minimum Gasteiger partial charge on any atom is -0.366 e. The minimum absolute atomic E-state index is 0.0181. The molecule has 6 heteroatoms. The van der Waals surface area contributed by atoms with E-state index in [9.17, 15) is 14.4 Å². The van der Waals surface area contributed by atoms with Crippen LogP contribution in [0, 0.1) is 17.1 Å². The van der Waals surface area contributed by atoms with Gasteiger partial charge < -0.3 is 14.5 Å². The summed E-state index contributed by atoms with van der Waals surface area (Å²) in [6.07, 6.45) is 6.21. The van der Waals surface area contributed by atoms with Gasteiger partial charge in [0, 0.05) is 30.8 Å². The Morgan fingerprint density at radius 2 is 2.13 bits per heavy atom. The Kier molecular flexibility index (Phi) is 5.85. The Morgan fingerprint density at radius 1 is 1.33 bits per heavy atom. The first-order chi connectivity index (χ1) is 14.5. The number of nitrogens with zero attached hydrogens (tertiary/aromatic N) is 3. The molecule has 0 bridgehead atoms. The smallest absolute Gasteiger partial charge is 0.169 e. The molecule has 1 aromatic rings. The number of Topliss-reactive ketones (excluding diaryl/α,β-unsaturated/α-hetero) is 1. The number of hydrogen-bond acceptors (Lipinski definition) is 5. The number of halogens is 1. The van der Waals surface area contributed by atoms with E-state index in [4.69, 9.17) is 4.74 Å². The molecule has 156 valence electrons. The molecule has 30 heavy (non-hydrogen) atoms. The maximum absolute atomic E-state index is 14.0. The van der Waals surface area contributed by atoms with E-state index in [-0.39, 0.29) is 24.1 Å². The van der Waals surface area contributed by atoms with Crippen molar-refractivity contribution < 1.29 is 13.9 Å². The van der Waals surface area contributed by atoms with E-state index in [1.165, 1.54) is 12.1 Å². The lowest BCUT2D eigenvalue weighted by molar-refractivity contribution is -0.127. The molecule has 3 aliphatic rings. The summed E-state index contributed by atoms with van der Waals surface area (Å²) < 4.78 is 19.9. The van der Waals surface area contributed by atoms with Crippen LogP contribution in [0.25, 0.3) is 5.57 Å². The predicted octanol–water partition coefficient (Wildman–Crippen LogP) is 3.66. The largest absolute Gasteiger partial charge is 0.366 e. The van der Waals surface area contributed by atoms with Gasteiger partial charge in [-0.1, -0.05) is 12.1 Å². The van der Waals surface area contributed by atoms with Crippen LogP contribution in [0.3, 0.4) is 0 Å². The number of ether oxygens (including phenoxy) is 1. The topological polar surface area (TPSA) is 56.6 Å². The van der Waals surface area contributed by atoms with Crippen molar-refractivity contribution in [2.75, 3.05) is 27.2 Å². The van der Waals surface area contributed by atoms with Crippen molar-refractivity contribution in [2.45, 2.75) is 37.8 Å². The predicted molar refractivity (Wildman–Crippen MR) is 112 cm³/mol. The molecule has 1 heterocycles. The zero-order chi connectivity index (χ0) is 21.3. The van der Waals surface area contributed by atoms with Gasteiger partial charge in [0.1, 0.15) is 23.7 Å². The number of carbonyl (C=O) groups is 1. The lowest BCUT2D eigenvalue weighted by Gasteiger charge is -2.34. The van der Waals surface area contributed by atoms with Gasteiger partial charge in [0.25, 0.3) is 0 Å². The van der Waals surface area contributed by atoms with E-state index in [2.05, 4.69) is 11.0 Å². The van der Waals surface area contributed by atoms with Gasteiger partial charge in [0.15, 0.2) is 5.78 Å². The molecule has 0 aromatic heterocycles. The van der Waals surface area contributed by atoms with Crippen LogP contribution in [0.1, 0.15) is 31.2 Å². The van der Waals surface area contributed by atoms with Gasteiger partial charge in [0.2, 0.25) is 0 Å². The summed E-state index contributed by atoms with van der Waals surface area (Å²) in [7, 11) is 4.00. The third-order valence-electron chi connectivity index (χ3n) is 5.61. The third kappa shape index (κ3) is 4.23. The molecule has 0 saturated heterocycles. The fourth-order valence-electron chi connectivity index (χ4n) is 4.01. The van der Waals surface area contributed by atoms with Gasteiger partial charge in [-0.3, -0.25) is 4.79 Å². The molecule has 4 rings (SSSR count). The van der Waals surface area contributed by atoms with Gasteiger partial charge in [-0.05, 0) is 74.8 Å². The highest BCUT2D eigenvalue weighted by Gasteiger charge is 2.38. The van der Waals surface area contributed by atoms with Gasteiger partial charge >= 0.3 is 0 Å². The van der Waals surface area contributed by atoms with Crippen LogP contribution in [0.2, 0.25) is 0 Å². The fraction of sp³-hybridized carbons (Fsp3) is 0.417. The molecule has 0 spiro atoms. The van der Waals surface area contributed by atoms with Gasteiger partial charge in [-0.25, -0.2) is 4.39 Å². The molecule has 1 fully saturated rings. The standard InChI is InChI=1S/C24H26FN3O2/c1-27(2)9-4-10-30-23-13-20-17(12-22(23)29)15-28(19-7-8-19)21(14-26)24(20)16-5-3-6-18(25)11-16/h3,5-6,11,13,15,19,23H,4,7-10,12H2,1-2H3. The average Bonchev–Trinajstić information content (AvgIpc) is 3.55. The average molecular weight is 407 g/mol. The van der Waals surface area contributed by atoms with E-state index >= 15 is 0 Å². The maximum Gasteiger partial charge on any atom is 0.169 e. The number of fused-ring (bicyclic) bond motifs is 1. The molecule has 1 aromatic carbocycles. The van der Waals surface area contributed by atoms with E-state index in [0.717, 1.165) is 37.0 Å². The second-order valence-electron chi connectivity index (χ2n) is 8.31. The molecule has 0 radical (unpaired) electrons. The summed E-state index contributed by atoms with van der Waals surface area (Å²) in [4.78, 5) is 16.8. The van der Waals surface area contributed by atoms with Crippen LogP contribution >= 0.6 is 0 Å². The summed E-state index contributed by atoms with van der Waals surface area (Å²) in [6.45, 7) is 1.36. The van der Waals surface area contributed by atoms with Crippen molar-refractivity contribution in [1.82, 2.24) is 9.80 Å². The summed E-state index contributed by atoms with van der Waals surface area (Å²) in [5.74, 6) is -0.333.